The van der Waals surface area contributed by atoms with Crippen molar-refractivity contribution in [3.63, 3.8) is 0 Å². The number of fused-ring (bicyclic) bond motifs is 1. The number of ether oxygens (including phenoxy) is 2. The summed E-state index contributed by atoms with van der Waals surface area (Å²) in [4.78, 5) is 12.7. The minimum absolute atomic E-state index is 0.211. The zero-order valence-corrected chi connectivity index (χ0v) is 16.9. The molecule has 0 saturated carbocycles. The van der Waals surface area contributed by atoms with E-state index < -0.39 is 22.0 Å². The predicted molar refractivity (Wildman–Crippen MR) is 107 cm³/mol. The lowest BCUT2D eigenvalue weighted by molar-refractivity contribution is -0.122. The Morgan fingerprint density at radius 2 is 1.93 bits per heavy atom. The standard InChI is InChI=1S/C20H24N2O5S/c1-14-7-6-8-16(11-14)22(28(3,24)25)15(2)20(23)21-12-17-13-26-18-9-4-5-10-19(18)27-17/h4-11,15,17H,12-13H2,1-3H3,(H,21,23). The molecule has 1 N–H and O–H groups in total. The first kappa shape index (κ1) is 20.0. The van der Waals surface area contributed by atoms with E-state index in [4.69, 9.17) is 9.47 Å². The third kappa shape index (κ3) is 4.56. The first-order chi connectivity index (χ1) is 13.3. The van der Waals surface area contributed by atoms with E-state index in [2.05, 4.69) is 5.32 Å². The van der Waals surface area contributed by atoms with Gasteiger partial charge in [-0.1, -0.05) is 24.3 Å². The molecule has 0 fully saturated rings. The Kier molecular flexibility index (Phi) is 5.79. The van der Waals surface area contributed by atoms with Gasteiger partial charge in [0.2, 0.25) is 15.9 Å². The van der Waals surface area contributed by atoms with Crippen LogP contribution in [0.25, 0.3) is 0 Å². The second-order valence-corrected chi connectivity index (χ2v) is 8.68. The minimum Gasteiger partial charge on any atom is -0.486 e. The number of carbonyl (C=O) groups excluding carboxylic acids is 1. The number of aryl methyl sites for hydroxylation is 1. The van der Waals surface area contributed by atoms with Gasteiger partial charge in [-0.25, -0.2) is 8.42 Å². The summed E-state index contributed by atoms with van der Waals surface area (Å²) in [6, 6.07) is 13.5. The fourth-order valence-corrected chi connectivity index (χ4v) is 4.27. The molecule has 7 nitrogen and oxygen atoms in total. The Morgan fingerprint density at radius 1 is 1.21 bits per heavy atom. The second-order valence-electron chi connectivity index (χ2n) is 6.82. The van der Waals surface area contributed by atoms with Gasteiger partial charge < -0.3 is 14.8 Å². The normalized spacial score (nSPS) is 16.9. The molecule has 1 aliphatic heterocycles. The molecule has 1 aliphatic rings. The molecule has 1 amide bonds. The van der Waals surface area contributed by atoms with Crippen molar-refractivity contribution in [3.05, 3.63) is 54.1 Å². The van der Waals surface area contributed by atoms with Crippen molar-refractivity contribution in [1.82, 2.24) is 5.32 Å². The van der Waals surface area contributed by atoms with Gasteiger partial charge in [0.05, 0.1) is 18.5 Å². The van der Waals surface area contributed by atoms with Gasteiger partial charge in [-0.2, -0.15) is 0 Å². The Labute approximate surface area is 165 Å². The molecule has 150 valence electrons. The molecule has 0 radical (unpaired) electrons. The highest BCUT2D eigenvalue weighted by Crippen LogP contribution is 2.30. The van der Waals surface area contributed by atoms with Crippen LogP contribution in [-0.4, -0.2) is 45.9 Å². The molecule has 2 aromatic carbocycles. The van der Waals surface area contributed by atoms with Crippen molar-refractivity contribution in [2.75, 3.05) is 23.7 Å². The highest BCUT2D eigenvalue weighted by atomic mass is 32.2. The van der Waals surface area contributed by atoms with E-state index in [1.54, 1.807) is 31.2 Å². The van der Waals surface area contributed by atoms with Crippen molar-refractivity contribution in [1.29, 1.82) is 0 Å². The molecule has 0 spiro atoms. The van der Waals surface area contributed by atoms with E-state index in [-0.39, 0.29) is 12.6 Å². The third-order valence-corrected chi connectivity index (χ3v) is 5.66. The van der Waals surface area contributed by atoms with Gasteiger partial charge in [0, 0.05) is 0 Å². The van der Waals surface area contributed by atoms with E-state index in [1.165, 1.54) is 0 Å². The maximum atomic E-state index is 12.7. The number of nitrogens with one attached hydrogen (secondary N) is 1. The van der Waals surface area contributed by atoms with Gasteiger partial charge >= 0.3 is 0 Å². The number of rotatable bonds is 6. The number of hydrogen-bond donors (Lipinski definition) is 1. The zero-order valence-electron chi connectivity index (χ0n) is 16.1. The smallest absolute Gasteiger partial charge is 0.243 e. The van der Waals surface area contributed by atoms with Crippen molar-refractivity contribution in [2.24, 2.45) is 0 Å². The number of amides is 1. The summed E-state index contributed by atoms with van der Waals surface area (Å²) < 4.78 is 37.2. The molecule has 2 atom stereocenters. The van der Waals surface area contributed by atoms with Gasteiger partial charge in [-0.15, -0.1) is 0 Å². The molecule has 0 aromatic heterocycles. The van der Waals surface area contributed by atoms with Crippen molar-refractivity contribution >= 4 is 21.6 Å². The molecule has 1 heterocycles. The lowest BCUT2D eigenvalue weighted by Gasteiger charge is -2.30. The van der Waals surface area contributed by atoms with Crippen molar-refractivity contribution in [2.45, 2.75) is 26.0 Å². The van der Waals surface area contributed by atoms with E-state index in [0.717, 1.165) is 16.1 Å². The number of nitrogens with zero attached hydrogens (tertiary/aromatic N) is 1. The SMILES string of the molecule is Cc1cccc(N(C(C)C(=O)NCC2COc3ccccc3O2)S(C)(=O)=O)c1. The van der Waals surface area contributed by atoms with Crippen LogP contribution in [-0.2, 0) is 14.8 Å². The number of anilines is 1. The van der Waals surface area contributed by atoms with Crippen LogP contribution in [0.4, 0.5) is 5.69 Å². The van der Waals surface area contributed by atoms with E-state index in [9.17, 15) is 13.2 Å². The molecular formula is C20H24N2O5S. The van der Waals surface area contributed by atoms with Crippen LogP contribution in [0.2, 0.25) is 0 Å². The van der Waals surface area contributed by atoms with Gasteiger partial charge in [0.25, 0.3) is 0 Å². The molecular weight excluding hydrogens is 380 g/mol. The lowest BCUT2D eigenvalue weighted by Crippen LogP contribution is -2.50. The number of sulfonamides is 1. The minimum atomic E-state index is -3.65. The van der Waals surface area contributed by atoms with Crippen LogP contribution in [0.3, 0.4) is 0 Å². The fourth-order valence-electron chi connectivity index (χ4n) is 3.10. The van der Waals surface area contributed by atoms with Crippen molar-refractivity contribution < 1.29 is 22.7 Å². The third-order valence-electron chi connectivity index (χ3n) is 4.42. The zero-order chi connectivity index (χ0) is 20.3. The monoisotopic (exact) mass is 404 g/mol. The molecule has 0 aliphatic carbocycles. The summed E-state index contributed by atoms with van der Waals surface area (Å²) in [6.07, 6.45) is 0.741. The Balaban J connectivity index is 1.67. The summed E-state index contributed by atoms with van der Waals surface area (Å²) in [7, 11) is -3.65. The quantitative estimate of drug-likeness (QED) is 0.797. The highest BCUT2D eigenvalue weighted by Gasteiger charge is 2.30. The van der Waals surface area contributed by atoms with Gasteiger partial charge in [0.1, 0.15) is 18.8 Å². The number of carbonyl (C=O) groups is 1. The first-order valence-electron chi connectivity index (χ1n) is 8.98. The van der Waals surface area contributed by atoms with Crippen LogP contribution in [0.15, 0.2) is 48.5 Å². The van der Waals surface area contributed by atoms with E-state index >= 15 is 0 Å². The average molecular weight is 404 g/mol. The Hall–Kier alpha value is -2.74. The molecule has 2 aromatic rings. The van der Waals surface area contributed by atoms with Crippen LogP contribution < -0.4 is 19.1 Å². The molecule has 2 unspecified atom stereocenters. The Bertz CT molecular complexity index is 961. The van der Waals surface area contributed by atoms with Crippen LogP contribution in [0.5, 0.6) is 11.5 Å². The van der Waals surface area contributed by atoms with Crippen LogP contribution in [0.1, 0.15) is 12.5 Å². The average Bonchev–Trinajstić information content (AvgIpc) is 2.65. The van der Waals surface area contributed by atoms with E-state index in [1.807, 2.05) is 31.2 Å². The summed E-state index contributed by atoms with van der Waals surface area (Å²) in [6.45, 7) is 3.95. The highest BCUT2D eigenvalue weighted by molar-refractivity contribution is 7.92. The summed E-state index contributed by atoms with van der Waals surface area (Å²) in [5.41, 5.74) is 1.36. The van der Waals surface area contributed by atoms with Gasteiger partial charge in [-0.05, 0) is 43.7 Å². The molecule has 0 saturated heterocycles. The van der Waals surface area contributed by atoms with Crippen LogP contribution in [0, 0.1) is 6.92 Å². The number of para-hydroxylation sites is 2. The van der Waals surface area contributed by atoms with Crippen LogP contribution >= 0.6 is 0 Å². The van der Waals surface area contributed by atoms with E-state index in [0.29, 0.717) is 23.8 Å². The molecule has 3 rings (SSSR count). The van der Waals surface area contributed by atoms with Crippen molar-refractivity contribution in [3.8, 4) is 11.5 Å². The molecule has 28 heavy (non-hydrogen) atoms. The fraction of sp³-hybridized carbons (Fsp3) is 0.350. The first-order valence-corrected chi connectivity index (χ1v) is 10.8. The summed E-state index contributed by atoms with van der Waals surface area (Å²) >= 11 is 0. The van der Waals surface area contributed by atoms with Gasteiger partial charge in [0.15, 0.2) is 11.5 Å². The summed E-state index contributed by atoms with van der Waals surface area (Å²) in [5, 5.41) is 2.77. The lowest BCUT2D eigenvalue weighted by atomic mass is 10.2. The topological polar surface area (TPSA) is 84.9 Å². The largest absolute Gasteiger partial charge is 0.486 e. The second kappa shape index (κ2) is 8.10. The maximum Gasteiger partial charge on any atom is 0.243 e. The molecule has 0 bridgehead atoms. The number of hydrogen-bond acceptors (Lipinski definition) is 5. The summed E-state index contributed by atoms with van der Waals surface area (Å²) in [5.74, 6) is 0.883. The number of benzene rings is 2. The van der Waals surface area contributed by atoms with Gasteiger partial charge in [-0.3, -0.25) is 9.10 Å². The Morgan fingerprint density at radius 3 is 2.61 bits per heavy atom. The molecule has 8 heteroatoms. The maximum absolute atomic E-state index is 12.7. The predicted octanol–water partition coefficient (Wildman–Crippen LogP) is 2.11.